The lowest BCUT2D eigenvalue weighted by Gasteiger charge is -2.18. The Balaban J connectivity index is 2.10. The normalized spacial score (nSPS) is 14.8. The van der Waals surface area contributed by atoms with Crippen LogP contribution in [0.4, 0.5) is 0 Å². The first kappa shape index (κ1) is 13.0. The Bertz CT molecular complexity index is 684. The quantitative estimate of drug-likeness (QED) is 0.738. The van der Waals surface area contributed by atoms with Crippen LogP contribution in [0, 0.1) is 5.16 Å². The van der Waals surface area contributed by atoms with E-state index in [9.17, 15) is 0 Å². The van der Waals surface area contributed by atoms with E-state index >= 15 is 0 Å². The molecule has 0 unspecified atom stereocenters. The Kier molecular flexibility index (Phi) is 3.90. The summed E-state index contributed by atoms with van der Waals surface area (Å²) in [4.78, 5) is 0. The SMILES string of the molecule is N=Pc1ccccc1C1=CCCC=C1c1ccccc1. The van der Waals surface area contributed by atoms with Crippen molar-refractivity contribution >= 4 is 24.8 Å². The molecule has 0 atom stereocenters. The molecule has 2 heteroatoms. The van der Waals surface area contributed by atoms with Crippen LogP contribution in [0.5, 0.6) is 0 Å². The van der Waals surface area contributed by atoms with Gasteiger partial charge in [0.2, 0.25) is 0 Å². The molecule has 1 aliphatic rings. The molecule has 0 bridgehead atoms. The van der Waals surface area contributed by atoms with Gasteiger partial charge in [-0.15, -0.1) is 0 Å². The van der Waals surface area contributed by atoms with Gasteiger partial charge in [0.1, 0.15) is 0 Å². The summed E-state index contributed by atoms with van der Waals surface area (Å²) < 4.78 is 0. The van der Waals surface area contributed by atoms with Gasteiger partial charge in [-0.2, -0.15) is 0 Å². The molecule has 0 spiro atoms. The van der Waals surface area contributed by atoms with Crippen molar-refractivity contribution in [1.29, 1.82) is 5.16 Å². The van der Waals surface area contributed by atoms with Gasteiger partial charge in [-0.3, -0.25) is 5.16 Å². The van der Waals surface area contributed by atoms with Crippen molar-refractivity contribution in [2.24, 2.45) is 0 Å². The van der Waals surface area contributed by atoms with Gasteiger partial charge in [0.25, 0.3) is 0 Å². The summed E-state index contributed by atoms with van der Waals surface area (Å²) in [6.45, 7) is 0. The van der Waals surface area contributed by atoms with Gasteiger partial charge in [-0.1, -0.05) is 60.7 Å². The third-order valence-electron chi connectivity index (χ3n) is 3.55. The average Bonchev–Trinajstić information content (AvgIpc) is 2.55. The standard InChI is InChI=1S/C18H16NP/c19-20-18-13-7-6-12-17(18)16-11-5-4-10-15(16)14-8-2-1-3-9-14/h1-3,6-13,19H,4-5H2. The summed E-state index contributed by atoms with van der Waals surface area (Å²) in [5.74, 6) is 0. The Morgan fingerprint density at radius 1 is 0.750 bits per heavy atom. The molecule has 0 amide bonds. The van der Waals surface area contributed by atoms with Gasteiger partial charge >= 0.3 is 0 Å². The van der Waals surface area contributed by atoms with Crippen LogP contribution in [0.1, 0.15) is 24.0 Å². The molecule has 2 aromatic rings. The topological polar surface area (TPSA) is 23.9 Å². The molecule has 2 aromatic carbocycles. The third kappa shape index (κ3) is 2.50. The highest BCUT2D eigenvalue weighted by Gasteiger charge is 2.15. The van der Waals surface area contributed by atoms with Crippen LogP contribution in [-0.2, 0) is 0 Å². The van der Waals surface area contributed by atoms with E-state index < -0.39 is 0 Å². The predicted octanol–water partition coefficient (Wildman–Crippen LogP) is 5.28. The lowest BCUT2D eigenvalue weighted by atomic mass is 9.87. The number of rotatable bonds is 3. The van der Waals surface area contributed by atoms with Gasteiger partial charge in [0, 0.05) is 13.7 Å². The monoisotopic (exact) mass is 277 g/mol. The van der Waals surface area contributed by atoms with E-state index in [0.29, 0.717) is 8.37 Å². The Morgan fingerprint density at radius 3 is 2.15 bits per heavy atom. The lowest BCUT2D eigenvalue weighted by Crippen LogP contribution is -2.04. The van der Waals surface area contributed by atoms with E-state index in [4.69, 9.17) is 5.16 Å². The summed E-state index contributed by atoms with van der Waals surface area (Å²) in [6, 6.07) is 18.8. The van der Waals surface area contributed by atoms with Crippen molar-refractivity contribution in [3.8, 4) is 0 Å². The minimum absolute atomic E-state index is 0.575. The zero-order valence-electron chi connectivity index (χ0n) is 11.2. The van der Waals surface area contributed by atoms with E-state index in [1.807, 2.05) is 18.2 Å². The first-order chi connectivity index (χ1) is 9.90. The summed E-state index contributed by atoms with van der Waals surface area (Å²) >= 11 is 0. The number of allylic oxidation sites excluding steroid dienone is 4. The zero-order chi connectivity index (χ0) is 13.8. The fraction of sp³-hybridized carbons (Fsp3) is 0.111. The fourth-order valence-electron chi connectivity index (χ4n) is 2.62. The largest absolute Gasteiger partial charge is 0.279 e. The minimum Gasteiger partial charge on any atom is -0.279 e. The summed E-state index contributed by atoms with van der Waals surface area (Å²) in [7, 11) is 0.575. The summed E-state index contributed by atoms with van der Waals surface area (Å²) in [5.41, 5.74) is 5.03. The smallest absolute Gasteiger partial charge is 0.0359 e. The lowest BCUT2D eigenvalue weighted by molar-refractivity contribution is 1.04. The molecule has 20 heavy (non-hydrogen) atoms. The van der Waals surface area contributed by atoms with Crippen LogP contribution in [0.15, 0.2) is 66.7 Å². The molecule has 1 nitrogen and oxygen atoms in total. The van der Waals surface area contributed by atoms with Crippen molar-refractivity contribution in [3.63, 3.8) is 0 Å². The highest BCUT2D eigenvalue weighted by molar-refractivity contribution is 7.35. The molecular formula is C18H16NP. The second-order valence-corrected chi connectivity index (χ2v) is 5.51. The first-order valence-electron chi connectivity index (χ1n) is 6.83. The van der Waals surface area contributed by atoms with Crippen LogP contribution < -0.4 is 5.30 Å². The molecule has 0 heterocycles. The number of nitrogens with one attached hydrogen (secondary N) is 1. The van der Waals surface area contributed by atoms with Crippen molar-refractivity contribution in [2.75, 3.05) is 0 Å². The van der Waals surface area contributed by atoms with E-state index in [0.717, 1.165) is 18.1 Å². The molecule has 1 N–H and O–H groups in total. The van der Waals surface area contributed by atoms with Crippen LogP contribution in [0.25, 0.3) is 11.1 Å². The maximum absolute atomic E-state index is 7.70. The Morgan fingerprint density at radius 2 is 1.40 bits per heavy atom. The van der Waals surface area contributed by atoms with Crippen molar-refractivity contribution in [2.45, 2.75) is 12.8 Å². The molecule has 1 aliphatic carbocycles. The second kappa shape index (κ2) is 5.98. The molecule has 0 radical (unpaired) electrons. The van der Waals surface area contributed by atoms with E-state index in [1.165, 1.54) is 22.3 Å². The number of benzene rings is 2. The number of hydrogen-bond donors (Lipinski definition) is 1. The molecule has 3 rings (SSSR count). The molecule has 0 aromatic heterocycles. The van der Waals surface area contributed by atoms with Gasteiger partial charge in [-0.25, -0.2) is 0 Å². The Labute approximate surface area is 121 Å². The maximum atomic E-state index is 7.70. The van der Waals surface area contributed by atoms with Gasteiger partial charge < -0.3 is 0 Å². The van der Waals surface area contributed by atoms with Crippen molar-refractivity contribution in [1.82, 2.24) is 0 Å². The van der Waals surface area contributed by atoms with Crippen molar-refractivity contribution in [3.05, 3.63) is 77.9 Å². The van der Waals surface area contributed by atoms with E-state index in [1.54, 1.807) is 0 Å². The molecule has 0 fully saturated rings. The van der Waals surface area contributed by atoms with E-state index in [2.05, 4.69) is 48.6 Å². The first-order valence-corrected chi connectivity index (χ1v) is 7.72. The summed E-state index contributed by atoms with van der Waals surface area (Å²) in [6.07, 6.45) is 6.80. The fourth-order valence-corrected chi connectivity index (χ4v) is 3.10. The molecule has 0 aliphatic heterocycles. The minimum atomic E-state index is 0.575. The predicted molar refractivity (Wildman–Crippen MR) is 87.3 cm³/mol. The molecule has 0 saturated carbocycles. The van der Waals surface area contributed by atoms with Gasteiger partial charge in [0.05, 0.1) is 0 Å². The van der Waals surface area contributed by atoms with Crippen LogP contribution in [0.2, 0.25) is 0 Å². The van der Waals surface area contributed by atoms with E-state index in [-0.39, 0.29) is 0 Å². The summed E-state index contributed by atoms with van der Waals surface area (Å²) in [5, 5.41) is 8.77. The average molecular weight is 277 g/mol. The van der Waals surface area contributed by atoms with Crippen molar-refractivity contribution < 1.29 is 0 Å². The molecule has 98 valence electrons. The number of hydrogen-bond acceptors (Lipinski definition) is 1. The highest BCUT2D eigenvalue weighted by Crippen LogP contribution is 2.35. The van der Waals surface area contributed by atoms with Gasteiger partial charge in [0.15, 0.2) is 0 Å². The highest BCUT2D eigenvalue weighted by atomic mass is 31.1. The zero-order valence-corrected chi connectivity index (χ0v) is 12.1. The molecule has 0 saturated heterocycles. The van der Waals surface area contributed by atoms with Crippen LogP contribution in [0.3, 0.4) is 0 Å². The maximum Gasteiger partial charge on any atom is 0.0359 e. The van der Waals surface area contributed by atoms with Crippen LogP contribution >= 0.6 is 8.37 Å². The molecular weight excluding hydrogens is 261 g/mol. The second-order valence-electron chi connectivity index (χ2n) is 4.81. The van der Waals surface area contributed by atoms with Crippen LogP contribution in [-0.4, -0.2) is 0 Å². The Hall–Kier alpha value is -1.98. The third-order valence-corrected chi connectivity index (χ3v) is 4.18. The van der Waals surface area contributed by atoms with Gasteiger partial charge in [-0.05, 0) is 41.2 Å².